The smallest absolute Gasteiger partial charge is 0.263 e. The van der Waals surface area contributed by atoms with Crippen LogP contribution in [0.3, 0.4) is 0 Å². The number of hydrogen-bond donors (Lipinski definition) is 1. The number of carbonyl (C=O) groups excluding carboxylic acids is 1. The summed E-state index contributed by atoms with van der Waals surface area (Å²) in [5, 5.41) is 0. The third kappa shape index (κ3) is 0.848. The molecule has 1 aromatic rings. The predicted molar refractivity (Wildman–Crippen MR) is 47.4 cm³/mol. The number of hydrogen-bond acceptors (Lipinski definition) is 2. The lowest BCUT2D eigenvalue weighted by Gasteiger charge is -1.97. The molecular weight excluding hydrogens is 174 g/mol. The molecule has 0 radical (unpaired) electrons. The summed E-state index contributed by atoms with van der Waals surface area (Å²) >= 11 is 0. The fourth-order valence-electron chi connectivity index (χ4n) is 1.20. The molecule has 0 aliphatic carbocycles. The van der Waals surface area contributed by atoms with Crippen molar-refractivity contribution in [3.8, 4) is 0 Å². The van der Waals surface area contributed by atoms with Crippen LogP contribution in [-0.2, 0) is 9.71 Å². The molecule has 0 fully saturated rings. The monoisotopic (exact) mass is 181 g/mol. The Hall–Kier alpha value is -1.29. The van der Waals surface area contributed by atoms with Gasteiger partial charge in [0.15, 0.2) is 0 Å². The van der Waals surface area contributed by atoms with Crippen LogP contribution in [0.25, 0.3) is 0 Å². The number of amides is 1. The highest BCUT2D eigenvalue weighted by atomic mass is 32.2. The molecule has 4 heteroatoms. The first-order chi connectivity index (χ1) is 5.61. The maximum Gasteiger partial charge on any atom is 0.263 e. The molecule has 12 heavy (non-hydrogen) atoms. The highest BCUT2D eigenvalue weighted by Crippen LogP contribution is 2.20. The molecule has 1 aliphatic rings. The van der Waals surface area contributed by atoms with Crippen molar-refractivity contribution in [2.75, 3.05) is 0 Å². The lowest BCUT2D eigenvalue weighted by Crippen LogP contribution is -2.20. The van der Waals surface area contributed by atoms with E-state index in [9.17, 15) is 9.00 Å². The minimum Gasteiger partial charge on any atom is -0.275 e. The fourth-order valence-corrected chi connectivity index (χ4v) is 2.54. The van der Waals surface area contributed by atoms with Gasteiger partial charge in [0.25, 0.3) is 5.91 Å². The second kappa shape index (κ2) is 2.10. The first kappa shape index (κ1) is 7.36. The summed E-state index contributed by atoms with van der Waals surface area (Å²) in [6.07, 6.45) is 0. The summed E-state index contributed by atoms with van der Waals surface area (Å²) in [5.41, 5.74) is 0.470. The minimum atomic E-state index is -2.55. The van der Waals surface area contributed by atoms with Gasteiger partial charge in [-0.15, -0.1) is 0 Å². The Balaban J connectivity index is 2.83. The molecule has 1 aliphatic heterocycles. The molecule has 1 aromatic carbocycles. The molecule has 1 unspecified atom stereocenters. The van der Waals surface area contributed by atoms with Crippen LogP contribution < -0.4 is 4.72 Å². The number of fused-ring (bicyclic) bond motifs is 1. The van der Waals surface area contributed by atoms with Crippen molar-refractivity contribution in [1.29, 1.82) is 0 Å². The fraction of sp³-hybridized carbons (Fsp3) is 0. The molecule has 0 aromatic heterocycles. The summed E-state index contributed by atoms with van der Waals surface area (Å²) in [4.78, 5) is 11.7. The molecule has 2 rings (SSSR count). The van der Waals surface area contributed by atoms with E-state index in [4.69, 9.17) is 0 Å². The topological polar surface area (TPSA) is 46.2 Å². The summed E-state index contributed by atoms with van der Waals surface area (Å²) in [5.74, 6) is 3.16. The maximum atomic E-state index is 11.6. The van der Waals surface area contributed by atoms with E-state index < -0.39 is 9.71 Å². The van der Waals surface area contributed by atoms with Gasteiger partial charge < -0.3 is 0 Å². The normalized spacial score (nSPS) is 26.5. The van der Waals surface area contributed by atoms with Gasteiger partial charge in [0.1, 0.15) is 0 Å². The van der Waals surface area contributed by atoms with Crippen LogP contribution in [-0.4, -0.2) is 16.0 Å². The van der Waals surface area contributed by atoms with Gasteiger partial charge in [0, 0.05) is 0 Å². The quantitative estimate of drug-likeness (QED) is 0.590. The molecular formula is C8H7NO2S. The molecule has 0 saturated carbocycles. The van der Waals surface area contributed by atoms with Gasteiger partial charge in [-0.2, -0.15) is 0 Å². The van der Waals surface area contributed by atoms with Crippen molar-refractivity contribution in [3.63, 3.8) is 0 Å². The van der Waals surface area contributed by atoms with Crippen LogP contribution in [0.4, 0.5) is 0 Å². The second-order valence-corrected chi connectivity index (χ2v) is 4.60. The third-order valence-corrected chi connectivity index (χ3v) is 3.33. The van der Waals surface area contributed by atoms with E-state index in [2.05, 4.69) is 10.6 Å². The third-order valence-electron chi connectivity index (χ3n) is 1.74. The van der Waals surface area contributed by atoms with Crippen molar-refractivity contribution in [1.82, 2.24) is 4.72 Å². The van der Waals surface area contributed by atoms with Crippen LogP contribution in [0.1, 0.15) is 10.4 Å². The molecule has 0 saturated heterocycles. The lowest BCUT2D eigenvalue weighted by atomic mass is 10.2. The molecule has 0 spiro atoms. The molecule has 1 amide bonds. The SMILES string of the molecule is C=S1(=O)NC(=O)c2ccccc21. The Labute approximate surface area is 70.5 Å². The van der Waals surface area contributed by atoms with Crippen LogP contribution in [0.15, 0.2) is 29.2 Å². The van der Waals surface area contributed by atoms with E-state index in [1.165, 1.54) is 0 Å². The molecule has 1 atom stereocenters. The highest BCUT2D eigenvalue weighted by molar-refractivity contribution is 7.99. The summed E-state index contributed by atoms with van der Waals surface area (Å²) in [6.45, 7) is 0. The zero-order chi connectivity index (χ0) is 8.77. The van der Waals surface area contributed by atoms with Crippen LogP contribution in [0, 0.1) is 0 Å². The van der Waals surface area contributed by atoms with E-state index in [1.807, 2.05) is 0 Å². The number of rotatable bonds is 0. The van der Waals surface area contributed by atoms with Crippen LogP contribution in [0.5, 0.6) is 0 Å². The number of carbonyl (C=O) groups is 1. The van der Waals surface area contributed by atoms with Gasteiger partial charge in [0.2, 0.25) is 0 Å². The van der Waals surface area contributed by atoms with Crippen molar-refractivity contribution in [3.05, 3.63) is 29.8 Å². The van der Waals surface area contributed by atoms with E-state index in [0.29, 0.717) is 10.5 Å². The van der Waals surface area contributed by atoms with Gasteiger partial charge in [-0.1, -0.05) is 12.1 Å². The summed E-state index contributed by atoms with van der Waals surface area (Å²) in [7, 11) is -2.55. The second-order valence-electron chi connectivity index (χ2n) is 2.60. The summed E-state index contributed by atoms with van der Waals surface area (Å²) in [6, 6.07) is 6.77. The largest absolute Gasteiger partial charge is 0.275 e. The zero-order valence-electron chi connectivity index (χ0n) is 6.24. The lowest BCUT2D eigenvalue weighted by molar-refractivity contribution is 0.0986. The van der Waals surface area contributed by atoms with E-state index in [-0.39, 0.29) is 5.91 Å². The average Bonchev–Trinajstić information content (AvgIpc) is 2.25. The van der Waals surface area contributed by atoms with E-state index in [0.717, 1.165) is 0 Å². The Morgan fingerprint density at radius 1 is 1.33 bits per heavy atom. The van der Waals surface area contributed by atoms with Gasteiger partial charge in [0.05, 0.1) is 20.2 Å². The van der Waals surface area contributed by atoms with Crippen molar-refractivity contribution in [2.24, 2.45) is 0 Å². The minimum absolute atomic E-state index is 0.300. The number of benzene rings is 1. The first-order valence-electron chi connectivity index (χ1n) is 3.40. The Kier molecular flexibility index (Phi) is 1.29. The van der Waals surface area contributed by atoms with E-state index in [1.54, 1.807) is 24.3 Å². The Bertz CT molecular complexity index is 448. The van der Waals surface area contributed by atoms with Crippen molar-refractivity contribution < 1.29 is 9.00 Å². The zero-order valence-corrected chi connectivity index (χ0v) is 7.06. The molecule has 1 heterocycles. The van der Waals surface area contributed by atoms with Crippen LogP contribution >= 0.6 is 0 Å². The first-order valence-corrected chi connectivity index (χ1v) is 5.12. The molecule has 1 N–H and O–H groups in total. The maximum absolute atomic E-state index is 11.6. The Morgan fingerprint density at radius 3 is 2.67 bits per heavy atom. The number of nitrogens with one attached hydrogen (secondary N) is 1. The van der Waals surface area contributed by atoms with Gasteiger partial charge in [-0.25, -0.2) is 4.21 Å². The van der Waals surface area contributed by atoms with Gasteiger partial charge in [-0.3, -0.25) is 9.52 Å². The molecule has 62 valence electrons. The van der Waals surface area contributed by atoms with Crippen molar-refractivity contribution in [2.45, 2.75) is 4.90 Å². The predicted octanol–water partition coefficient (Wildman–Crippen LogP) is 0.420. The van der Waals surface area contributed by atoms with Crippen LogP contribution in [0.2, 0.25) is 0 Å². The van der Waals surface area contributed by atoms with Crippen molar-refractivity contribution >= 4 is 21.5 Å². The average molecular weight is 181 g/mol. The van der Waals surface area contributed by atoms with Gasteiger partial charge in [-0.05, 0) is 18.0 Å². The Morgan fingerprint density at radius 2 is 2.00 bits per heavy atom. The standard InChI is InChI=1S/C8H7NO2S/c1-12(11)7-5-3-2-4-6(7)8(10)9-12/h2-5H,1H2,(H,9,10,11). The summed E-state index contributed by atoms with van der Waals surface area (Å²) < 4.78 is 13.9. The highest BCUT2D eigenvalue weighted by Gasteiger charge is 2.26. The van der Waals surface area contributed by atoms with Gasteiger partial charge >= 0.3 is 0 Å². The molecule has 0 bridgehead atoms. The van der Waals surface area contributed by atoms with E-state index >= 15 is 0 Å². The molecule has 3 nitrogen and oxygen atoms in total.